The molecule has 1 aliphatic rings. The van der Waals surface area contributed by atoms with Crippen molar-refractivity contribution >= 4 is 38.3 Å². The summed E-state index contributed by atoms with van der Waals surface area (Å²) in [7, 11) is -4.50. The fraction of sp³-hybridized carbons (Fsp3) is 0.240. The molecule has 0 aromatic heterocycles. The van der Waals surface area contributed by atoms with E-state index in [1.54, 1.807) is 36.4 Å². The zero-order valence-corrected chi connectivity index (χ0v) is 19.7. The Hall–Kier alpha value is -3.76. The van der Waals surface area contributed by atoms with Crippen LogP contribution in [-0.2, 0) is 25.8 Å². The number of nitrogens with two attached hydrogens (primary N) is 2. The summed E-state index contributed by atoms with van der Waals surface area (Å²) >= 11 is 0. The average molecular weight is 495 g/mol. The number of fused-ring (bicyclic) bond motifs is 1. The van der Waals surface area contributed by atoms with Crippen molar-refractivity contribution in [2.24, 2.45) is 11.5 Å². The lowest BCUT2D eigenvalue weighted by molar-refractivity contribution is -0.149. The second-order valence-electron chi connectivity index (χ2n) is 8.69. The highest BCUT2D eigenvalue weighted by atomic mass is 32.2. The minimum Gasteiger partial charge on any atom is -0.480 e. The van der Waals surface area contributed by atoms with Gasteiger partial charge in [0.15, 0.2) is 0 Å². The van der Waals surface area contributed by atoms with Gasteiger partial charge in [-0.2, -0.15) is 0 Å². The molecule has 1 fully saturated rings. The van der Waals surface area contributed by atoms with Crippen LogP contribution in [0.1, 0.15) is 24.0 Å². The maximum atomic E-state index is 14.0. The Morgan fingerprint density at radius 3 is 2.46 bits per heavy atom. The standard InChI is InChI=1S/C25H26N4O5S/c26-22(27)19-8-3-5-16(13-19)15-25(28,24(32)29-12-4-9-21(29)23(30)31)35(33,34)20-11-10-17-6-1-2-7-18(17)14-20/h1-3,5-8,10-11,13-14,21H,4,9,12,15,28H2,(H3,26,27)(H,30,31)/t21-,25+/m0/s1. The summed E-state index contributed by atoms with van der Waals surface area (Å²) in [6.45, 7) is 0.0927. The third kappa shape index (κ3) is 4.38. The normalized spacial score (nSPS) is 17.7. The molecule has 3 aromatic carbocycles. The first kappa shape index (κ1) is 24.4. The smallest absolute Gasteiger partial charge is 0.326 e. The number of hydrogen-bond donors (Lipinski definition) is 4. The van der Waals surface area contributed by atoms with E-state index in [0.29, 0.717) is 22.9 Å². The Morgan fingerprint density at radius 2 is 1.77 bits per heavy atom. The van der Waals surface area contributed by atoms with Gasteiger partial charge in [-0.3, -0.25) is 10.2 Å². The van der Waals surface area contributed by atoms with Crippen LogP contribution in [-0.4, -0.2) is 53.6 Å². The van der Waals surface area contributed by atoms with E-state index in [2.05, 4.69) is 0 Å². The molecule has 1 aliphatic heterocycles. The van der Waals surface area contributed by atoms with E-state index >= 15 is 0 Å². The maximum absolute atomic E-state index is 14.0. The number of sulfone groups is 1. The molecule has 4 rings (SSSR count). The maximum Gasteiger partial charge on any atom is 0.326 e. The van der Waals surface area contributed by atoms with Crippen LogP contribution in [0.25, 0.3) is 10.8 Å². The van der Waals surface area contributed by atoms with Crippen molar-refractivity contribution in [3.05, 3.63) is 77.9 Å². The van der Waals surface area contributed by atoms with Gasteiger partial charge in [0.1, 0.15) is 11.9 Å². The van der Waals surface area contributed by atoms with Gasteiger partial charge < -0.3 is 21.5 Å². The Balaban J connectivity index is 1.85. The van der Waals surface area contributed by atoms with Crippen molar-refractivity contribution < 1.29 is 23.1 Å². The second kappa shape index (κ2) is 9.12. The number of likely N-dealkylation sites (tertiary alicyclic amines) is 1. The van der Waals surface area contributed by atoms with Gasteiger partial charge >= 0.3 is 5.97 Å². The number of carbonyl (C=O) groups excluding carboxylic acids is 1. The number of nitrogens with one attached hydrogen (secondary N) is 1. The number of amidine groups is 1. The highest BCUT2D eigenvalue weighted by Crippen LogP contribution is 2.32. The van der Waals surface area contributed by atoms with Crippen LogP contribution in [0.4, 0.5) is 0 Å². The number of carboxylic acid groups (broad SMARTS) is 1. The average Bonchev–Trinajstić information content (AvgIpc) is 3.33. The van der Waals surface area contributed by atoms with Crippen LogP contribution in [0.3, 0.4) is 0 Å². The number of benzene rings is 3. The quantitative estimate of drug-likeness (QED) is 0.287. The van der Waals surface area contributed by atoms with Crippen LogP contribution in [0.2, 0.25) is 0 Å². The second-order valence-corrected chi connectivity index (χ2v) is 10.9. The first-order chi connectivity index (χ1) is 16.5. The fourth-order valence-electron chi connectivity index (χ4n) is 4.49. The largest absolute Gasteiger partial charge is 0.480 e. The van der Waals surface area contributed by atoms with E-state index in [9.17, 15) is 23.1 Å². The van der Waals surface area contributed by atoms with Crippen molar-refractivity contribution in [2.75, 3.05) is 6.54 Å². The van der Waals surface area contributed by atoms with Gasteiger partial charge in [-0.1, -0.05) is 48.5 Å². The number of amides is 1. The molecule has 0 saturated carbocycles. The Bertz CT molecular complexity index is 1440. The monoisotopic (exact) mass is 494 g/mol. The molecular weight excluding hydrogens is 468 g/mol. The first-order valence-corrected chi connectivity index (χ1v) is 12.5. The highest BCUT2D eigenvalue weighted by Gasteiger charge is 2.52. The molecule has 6 N–H and O–H groups in total. The molecule has 182 valence electrons. The predicted octanol–water partition coefficient (Wildman–Crippen LogP) is 1.87. The minimum atomic E-state index is -4.50. The molecule has 0 bridgehead atoms. The van der Waals surface area contributed by atoms with Crippen molar-refractivity contribution in [2.45, 2.75) is 35.1 Å². The van der Waals surface area contributed by atoms with Crippen molar-refractivity contribution in [1.29, 1.82) is 5.41 Å². The van der Waals surface area contributed by atoms with Crippen LogP contribution in [0, 0.1) is 5.41 Å². The SMILES string of the molecule is N=C(N)c1cccc(C[C@](N)(C(=O)N2CCC[C@H]2C(=O)O)S(=O)(=O)c2ccc3ccccc3c2)c1. The van der Waals surface area contributed by atoms with Gasteiger partial charge in [-0.05, 0) is 47.4 Å². The zero-order valence-electron chi connectivity index (χ0n) is 18.8. The summed E-state index contributed by atoms with van der Waals surface area (Å²) in [5, 5.41) is 18.8. The first-order valence-electron chi connectivity index (χ1n) is 11.0. The molecule has 9 nitrogen and oxygen atoms in total. The molecule has 3 aromatic rings. The van der Waals surface area contributed by atoms with Gasteiger partial charge in [0.25, 0.3) is 5.91 Å². The summed E-state index contributed by atoms with van der Waals surface area (Å²) in [6.07, 6.45) is 0.215. The molecular formula is C25H26N4O5S. The van der Waals surface area contributed by atoms with E-state index in [1.807, 2.05) is 12.1 Å². The number of rotatable bonds is 7. The van der Waals surface area contributed by atoms with Gasteiger partial charge in [0.2, 0.25) is 14.7 Å². The van der Waals surface area contributed by atoms with Crippen LogP contribution in [0.15, 0.2) is 71.6 Å². The summed E-state index contributed by atoms with van der Waals surface area (Å²) in [6, 6.07) is 16.8. The van der Waals surface area contributed by atoms with Crippen LogP contribution in [0.5, 0.6) is 0 Å². The van der Waals surface area contributed by atoms with Crippen molar-refractivity contribution in [3.63, 3.8) is 0 Å². The lowest BCUT2D eigenvalue weighted by atomic mass is 10.0. The number of nitrogen functional groups attached to an aromatic ring is 1. The number of carboxylic acids is 1. The lowest BCUT2D eigenvalue weighted by Crippen LogP contribution is -2.63. The number of nitrogens with zero attached hydrogens (tertiary/aromatic N) is 1. The molecule has 0 unspecified atom stereocenters. The van der Waals surface area contributed by atoms with E-state index in [-0.39, 0.29) is 23.7 Å². The molecule has 0 spiro atoms. The topological polar surface area (TPSA) is 168 Å². The van der Waals surface area contributed by atoms with Crippen LogP contribution >= 0.6 is 0 Å². The Morgan fingerprint density at radius 1 is 1.06 bits per heavy atom. The van der Waals surface area contributed by atoms with E-state index < -0.39 is 39.0 Å². The molecule has 0 radical (unpaired) electrons. The van der Waals surface area contributed by atoms with Gasteiger partial charge in [-0.15, -0.1) is 0 Å². The summed E-state index contributed by atoms with van der Waals surface area (Å²) in [4.78, 5) is 24.0. The molecule has 1 heterocycles. The number of carbonyl (C=O) groups is 2. The van der Waals surface area contributed by atoms with Gasteiger partial charge in [0, 0.05) is 18.5 Å². The van der Waals surface area contributed by atoms with Crippen LogP contribution < -0.4 is 11.5 Å². The third-order valence-electron chi connectivity index (χ3n) is 6.38. The molecule has 1 amide bonds. The van der Waals surface area contributed by atoms with Gasteiger partial charge in [-0.25, -0.2) is 13.2 Å². The molecule has 35 heavy (non-hydrogen) atoms. The Kier molecular flexibility index (Phi) is 6.35. The molecule has 0 aliphatic carbocycles. The lowest BCUT2D eigenvalue weighted by Gasteiger charge is -2.34. The summed E-state index contributed by atoms with van der Waals surface area (Å²) in [5.74, 6) is -2.40. The van der Waals surface area contributed by atoms with Crippen molar-refractivity contribution in [3.8, 4) is 0 Å². The molecule has 10 heteroatoms. The molecule has 2 atom stereocenters. The number of hydrogen-bond acceptors (Lipinski definition) is 6. The third-order valence-corrected chi connectivity index (χ3v) is 8.53. The Labute approximate surface area is 202 Å². The van der Waals surface area contributed by atoms with Crippen molar-refractivity contribution in [1.82, 2.24) is 4.90 Å². The van der Waals surface area contributed by atoms with E-state index in [4.69, 9.17) is 16.9 Å². The predicted molar refractivity (Wildman–Crippen MR) is 132 cm³/mol. The minimum absolute atomic E-state index is 0.0927. The zero-order chi connectivity index (χ0) is 25.4. The highest BCUT2D eigenvalue weighted by molar-refractivity contribution is 7.93. The summed E-state index contributed by atoms with van der Waals surface area (Å²) in [5.41, 5.74) is 12.8. The van der Waals surface area contributed by atoms with Gasteiger partial charge in [0.05, 0.1) is 4.90 Å². The van der Waals surface area contributed by atoms with E-state index in [0.717, 1.165) is 10.3 Å². The summed E-state index contributed by atoms with van der Waals surface area (Å²) < 4.78 is 28.0. The fourth-order valence-corrected chi connectivity index (χ4v) is 6.15. The van der Waals surface area contributed by atoms with E-state index in [1.165, 1.54) is 18.2 Å². The molecule has 1 saturated heterocycles. The number of aliphatic carboxylic acids is 1.